The summed E-state index contributed by atoms with van der Waals surface area (Å²) in [6, 6.07) is 15.5. The summed E-state index contributed by atoms with van der Waals surface area (Å²) in [5, 5.41) is 3.47. The lowest BCUT2D eigenvalue weighted by Crippen LogP contribution is -2.44. The molecule has 1 atom stereocenters. The number of ether oxygens (including phenoxy) is 2. The van der Waals surface area contributed by atoms with Crippen LogP contribution in [0.1, 0.15) is 35.4 Å². The molecule has 1 amide bonds. The summed E-state index contributed by atoms with van der Waals surface area (Å²) in [5.41, 5.74) is 2.57. The Hall–Kier alpha value is -2.53. The van der Waals surface area contributed by atoms with Crippen LogP contribution in [0.25, 0.3) is 0 Å². The molecule has 5 nitrogen and oxygen atoms in total. The van der Waals surface area contributed by atoms with Gasteiger partial charge in [0.05, 0.1) is 18.8 Å². The van der Waals surface area contributed by atoms with E-state index in [-0.39, 0.29) is 12.1 Å². The summed E-state index contributed by atoms with van der Waals surface area (Å²) >= 11 is 0. The molecular formula is C20H24N2O3. The summed E-state index contributed by atoms with van der Waals surface area (Å²) < 4.78 is 10.8. The fraction of sp³-hybridized carbons (Fsp3) is 0.350. The monoisotopic (exact) mass is 340 g/mol. The molecule has 0 aromatic heterocycles. The number of hydrogen-bond donors (Lipinski definition) is 1. The Balaban J connectivity index is 1.88. The quantitative estimate of drug-likeness (QED) is 0.835. The summed E-state index contributed by atoms with van der Waals surface area (Å²) in [5.74, 6) is 0.860. The predicted octanol–water partition coefficient (Wildman–Crippen LogP) is 3.69. The smallest absolute Gasteiger partial charge is 0.257 e. The molecule has 2 aromatic carbocycles. The van der Waals surface area contributed by atoms with Crippen molar-refractivity contribution in [2.45, 2.75) is 19.5 Å². The van der Waals surface area contributed by atoms with Gasteiger partial charge in [0.1, 0.15) is 11.9 Å². The average molecular weight is 340 g/mol. The zero-order valence-corrected chi connectivity index (χ0v) is 14.7. The van der Waals surface area contributed by atoms with Gasteiger partial charge in [-0.05, 0) is 36.2 Å². The summed E-state index contributed by atoms with van der Waals surface area (Å²) in [6.45, 7) is 3.79. The van der Waals surface area contributed by atoms with Crippen LogP contribution in [0.4, 0.5) is 5.69 Å². The third-order valence-electron chi connectivity index (χ3n) is 4.23. The lowest BCUT2D eigenvalue weighted by Gasteiger charge is -2.38. The maximum Gasteiger partial charge on any atom is 0.257 e. The van der Waals surface area contributed by atoms with Crippen molar-refractivity contribution in [3.63, 3.8) is 0 Å². The second-order valence-electron chi connectivity index (χ2n) is 6.00. The third-order valence-corrected chi connectivity index (χ3v) is 4.23. The average Bonchev–Trinajstić information content (AvgIpc) is 2.66. The third kappa shape index (κ3) is 3.77. The summed E-state index contributed by atoms with van der Waals surface area (Å²) in [7, 11) is 1.64. The molecule has 1 heterocycles. The maximum atomic E-state index is 12.9. The number of carbonyl (C=O) groups is 1. The zero-order valence-electron chi connectivity index (χ0n) is 14.7. The van der Waals surface area contributed by atoms with Crippen LogP contribution in [0.15, 0.2) is 48.5 Å². The first kappa shape index (κ1) is 17.3. The van der Waals surface area contributed by atoms with Gasteiger partial charge in [0.2, 0.25) is 0 Å². The van der Waals surface area contributed by atoms with E-state index in [1.807, 2.05) is 53.4 Å². The van der Waals surface area contributed by atoms with Gasteiger partial charge >= 0.3 is 0 Å². The molecule has 0 aliphatic carbocycles. The van der Waals surface area contributed by atoms with Crippen molar-refractivity contribution in [2.24, 2.45) is 0 Å². The molecule has 132 valence electrons. The van der Waals surface area contributed by atoms with E-state index in [0.717, 1.165) is 23.4 Å². The van der Waals surface area contributed by atoms with Crippen LogP contribution in [0.2, 0.25) is 0 Å². The van der Waals surface area contributed by atoms with Crippen molar-refractivity contribution in [1.29, 1.82) is 0 Å². The number of nitrogens with zero attached hydrogens (tertiary/aromatic N) is 1. The van der Waals surface area contributed by atoms with Crippen LogP contribution < -0.4 is 10.1 Å². The number of methoxy groups -OCH3 is 1. The standard InChI is InChI=1S/C20H24N2O3/c1-3-13-25-16-10-8-15(9-11-16)19-21-18-7-5-4-6-17(18)20(23)22(19)12-14-24-2/h4-11,19,21H,3,12-14H2,1-2H3. The van der Waals surface area contributed by atoms with Crippen LogP contribution in [-0.4, -0.2) is 37.7 Å². The Morgan fingerprint density at radius 1 is 1.08 bits per heavy atom. The van der Waals surface area contributed by atoms with Crippen LogP contribution >= 0.6 is 0 Å². The Kier molecular flexibility index (Phi) is 5.56. The Labute approximate surface area is 148 Å². The molecule has 1 N–H and O–H groups in total. The lowest BCUT2D eigenvalue weighted by molar-refractivity contribution is 0.0609. The molecule has 0 fully saturated rings. The van der Waals surface area contributed by atoms with Gasteiger partial charge in [-0.25, -0.2) is 0 Å². The van der Waals surface area contributed by atoms with Crippen LogP contribution in [0.3, 0.4) is 0 Å². The van der Waals surface area contributed by atoms with Crippen molar-refractivity contribution in [1.82, 2.24) is 4.90 Å². The number of rotatable bonds is 7. The summed E-state index contributed by atoms with van der Waals surface area (Å²) in [4.78, 5) is 14.7. The predicted molar refractivity (Wildman–Crippen MR) is 97.9 cm³/mol. The molecule has 0 radical (unpaired) electrons. The number of anilines is 1. The van der Waals surface area contributed by atoms with Gasteiger partial charge in [-0.3, -0.25) is 4.79 Å². The minimum Gasteiger partial charge on any atom is -0.494 e. The van der Waals surface area contributed by atoms with E-state index < -0.39 is 0 Å². The van der Waals surface area contributed by atoms with E-state index >= 15 is 0 Å². The Bertz CT molecular complexity index is 715. The highest BCUT2D eigenvalue weighted by molar-refractivity contribution is 6.01. The van der Waals surface area contributed by atoms with E-state index in [4.69, 9.17) is 9.47 Å². The molecule has 0 spiro atoms. The van der Waals surface area contributed by atoms with E-state index in [0.29, 0.717) is 25.3 Å². The van der Waals surface area contributed by atoms with Gasteiger partial charge in [0, 0.05) is 19.3 Å². The van der Waals surface area contributed by atoms with Gasteiger partial charge in [0.15, 0.2) is 0 Å². The molecule has 1 aliphatic heterocycles. The Morgan fingerprint density at radius 3 is 2.56 bits per heavy atom. The molecule has 3 rings (SSSR count). The molecule has 25 heavy (non-hydrogen) atoms. The normalized spacial score (nSPS) is 16.3. The van der Waals surface area contributed by atoms with E-state index in [2.05, 4.69) is 12.2 Å². The SMILES string of the molecule is CCCOc1ccc(C2Nc3ccccc3C(=O)N2CCOC)cc1. The number of para-hydroxylation sites is 1. The first-order valence-corrected chi connectivity index (χ1v) is 8.63. The van der Waals surface area contributed by atoms with Crippen LogP contribution in [0.5, 0.6) is 5.75 Å². The number of amides is 1. The van der Waals surface area contributed by atoms with E-state index in [1.54, 1.807) is 7.11 Å². The number of benzene rings is 2. The van der Waals surface area contributed by atoms with Gasteiger partial charge in [-0.1, -0.05) is 31.2 Å². The highest BCUT2D eigenvalue weighted by atomic mass is 16.5. The van der Waals surface area contributed by atoms with E-state index in [9.17, 15) is 4.79 Å². The fourth-order valence-electron chi connectivity index (χ4n) is 2.94. The molecule has 5 heteroatoms. The molecule has 1 unspecified atom stereocenters. The topological polar surface area (TPSA) is 50.8 Å². The van der Waals surface area contributed by atoms with Crippen LogP contribution in [0, 0.1) is 0 Å². The lowest BCUT2D eigenvalue weighted by atomic mass is 10.0. The largest absolute Gasteiger partial charge is 0.494 e. The van der Waals surface area contributed by atoms with Crippen LogP contribution in [-0.2, 0) is 4.74 Å². The molecule has 0 saturated carbocycles. The molecule has 1 aliphatic rings. The number of nitrogens with one attached hydrogen (secondary N) is 1. The summed E-state index contributed by atoms with van der Waals surface area (Å²) in [6.07, 6.45) is 0.750. The Morgan fingerprint density at radius 2 is 1.84 bits per heavy atom. The first-order valence-electron chi connectivity index (χ1n) is 8.63. The van der Waals surface area contributed by atoms with Gasteiger partial charge in [-0.15, -0.1) is 0 Å². The molecular weight excluding hydrogens is 316 g/mol. The maximum absolute atomic E-state index is 12.9. The highest BCUT2D eigenvalue weighted by Crippen LogP contribution is 2.33. The molecule has 0 bridgehead atoms. The van der Waals surface area contributed by atoms with E-state index in [1.165, 1.54) is 0 Å². The minimum absolute atomic E-state index is 0.0164. The van der Waals surface area contributed by atoms with Gasteiger partial charge in [0.25, 0.3) is 5.91 Å². The second-order valence-corrected chi connectivity index (χ2v) is 6.00. The van der Waals surface area contributed by atoms with Crippen molar-refractivity contribution in [3.8, 4) is 5.75 Å². The number of hydrogen-bond acceptors (Lipinski definition) is 4. The second kappa shape index (κ2) is 8.03. The van der Waals surface area contributed by atoms with Gasteiger partial charge in [-0.2, -0.15) is 0 Å². The highest BCUT2D eigenvalue weighted by Gasteiger charge is 2.32. The minimum atomic E-state index is -0.224. The fourth-order valence-corrected chi connectivity index (χ4v) is 2.94. The number of fused-ring (bicyclic) bond motifs is 1. The van der Waals surface area contributed by atoms with Crippen molar-refractivity contribution in [3.05, 3.63) is 59.7 Å². The van der Waals surface area contributed by atoms with Crippen molar-refractivity contribution < 1.29 is 14.3 Å². The zero-order chi connectivity index (χ0) is 17.6. The first-order chi connectivity index (χ1) is 12.2. The van der Waals surface area contributed by atoms with Crippen molar-refractivity contribution >= 4 is 11.6 Å². The molecule has 0 saturated heterocycles. The van der Waals surface area contributed by atoms with Crippen molar-refractivity contribution in [2.75, 3.05) is 32.2 Å². The molecule has 2 aromatic rings. The van der Waals surface area contributed by atoms with Gasteiger partial charge < -0.3 is 19.7 Å². The number of carbonyl (C=O) groups excluding carboxylic acids is 1.